The van der Waals surface area contributed by atoms with Crippen molar-refractivity contribution in [3.05, 3.63) is 71.2 Å². The van der Waals surface area contributed by atoms with Crippen molar-refractivity contribution >= 4 is 22.7 Å². The van der Waals surface area contributed by atoms with Crippen LogP contribution < -0.4 is 11.1 Å². The summed E-state index contributed by atoms with van der Waals surface area (Å²) in [5.41, 5.74) is 9.17. The molecule has 2 heterocycles. The molecule has 35 heavy (non-hydrogen) atoms. The van der Waals surface area contributed by atoms with Crippen LogP contribution in [0.15, 0.2) is 48.7 Å². The van der Waals surface area contributed by atoms with E-state index in [4.69, 9.17) is 5.73 Å². The van der Waals surface area contributed by atoms with Crippen LogP contribution in [0.2, 0.25) is 0 Å². The fraction of sp³-hybridized carbons (Fsp3) is 0.429. The summed E-state index contributed by atoms with van der Waals surface area (Å²) in [6.07, 6.45) is 5.82. The van der Waals surface area contributed by atoms with E-state index < -0.39 is 11.6 Å². The van der Waals surface area contributed by atoms with Crippen LogP contribution in [0.25, 0.3) is 10.9 Å². The van der Waals surface area contributed by atoms with Crippen molar-refractivity contribution in [1.82, 2.24) is 15.2 Å². The molecule has 184 valence electrons. The molecule has 0 bridgehead atoms. The van der Waals surface area contributed by atoms with E-state index in [9.17, 15) is 14.0 Å². The number of nitrogens with one attached hydrogen (secondary N) is 2. The standard InChI is InChI=1S/C28H33FN4O2/c1-27(2,30)26(35)32-24(15-19-17-31-23-6-4-3-5-21(19)23)25(34)33-13-11-28(12-14-33)10-9-18-7-8-20(29)16-22(18)28/h3-8,16-17,24,31H,9-15,30H2,1-2H3,(H,32,35). The number of nitrogens with two attached hydrogens (primary N) is 1. The molecule has 4 N–H and O–H groups in total. The third kappa shape index (κ3) is 4.45. The lowest BCUT2D eigenvalue weighted by Gasteiger charge is -2.41. The van der Waals surface area contributed by atoms with E-state index in [1.165, 1.54) is 11.6 Å². The molecule has 1 atom stereocenters. The van der Waals surface area contributed by atoms with E-state index in [0.717, 1.165) is 47.7 Å². The van der Waals surface area contributed by atoms with Gasteiger partial charge in [-0.2, -0.15) is 0 Å². The van der Waals surface area contributed by atoms with Crippen molar-refractivity contribution in [3.63, 3.8) is 0 Å². The van der Waals surface area contributed by atoms with Gasteiger partial charge in [-0.1, -0.05) is 24.3 Å². The van der Waals surface area contributed by atoms with Crippen molar-refractivity contribution < 1.29 is 14.0 Å². The summed E-state index contributed by atoms with van der Waals surface area (Å²) in [7, 11) is 0. The van der Waals surface area contributed by atoms with E-state index in [-0.39, 0.29) is 23.0 Å². The number of piperidine rings is 1. The number of H-pyrrole nitrogens is 1. The molecule has 6 nitrogen and oxygen atoms in total. The number of rotatable bonds is 5. The quantitative estimate of drug-likeness (QED) is 0.526. The Morgan fingerprint density at radius 1 is 1.17 bits per heavy atom. The Kier molecular flexibility index (Phi) is 5.91. The number of aryl methyl sites for hydroxylation is 1. The van der Waals surface area contributed by atoms with Crippen LogP contribution in [0.4, 0.5) is 4.39 Å². The maximum Gasteiger partial charge on any atom is 0.245 e. The molecule has 0 saturated carbocycles. The number of aromatic nitrogens is 1. The maximum atomic E-state index is 14.0. The Hall–Kier alpha value is -3.19. The monoisotopic (exact) mass is 476 g/mol. The molecule has 0 radical (unpaired) electrons. The number of hydrogen-bond donors (Lipinski definition) is 3. The van der Waals surface area contributed by atoms with Crippen LogP contribution >= 0.6 is 0 Å². The topological polar surface area (TPSA) is 91.2 Å². The Balaban J connectivity index is 1.35. The first-order valence-electron chi connectivity index (χ1n) is 12.4. The SMILES string of the molecule is CC(C)(N)C(=O)NC(Cc1c[nH]c2ccccc12)C(=O)N1CCC2(CCc3ccc(F)cc32)CC1. The lowest BCUT2D eigenvalue weighted by atomic mass is 9.73. The van der Waals surface area contributed by atoms with Gasteiger partial charge in [0.05, 0.1) is 5.54 Å². The predicted molar refractivity (Wildman–Crippen MR) is 134 cm³/mol. The molecule has 2 amide bonds. The van der Waals surface area contributed by atoms with E-state index in [1.807, 2.05) is 41.4 Å². The maximum absolute atomic E-state index is 14.0. The van der Waals surface area contributed by atoms with Gasteiger partial charge in [-0.3, -0.25) is 9.59 Å². The summed E-state index contributed by atoms with van der Waals surface area (Å²) < 4.78 is 14.0. The van der Waals surface area contributed by atoms with Gasteiger partial charge in [0.2, 0.25) is 11.8 Å². The minimum atomic E-state index is -1.09. The average Bonchev–Trinajstić information content (AvgIpc) is 3.40. The molecule has 1 aromatic heterocycles. The Bertz CT molecular complexity index is 1270. The first kappa shape index (κ1) is 23.5. The number of nitrogens with zero attached hydrogens (tertiary/aromatic N) is 1. The Morgan fingerprint density at radius 3 is 2.66 bits per heavy atom. The lowest BCUT2D eigenvalue weighted by Crippen LogP contribution is -2.58. The van der Waals surface area contributed by atoms with Crippen molar-refractivity contribution in [1.29, 1.82) is 0 Å². The molecule has 1 unspecified atom stereocenters. The lowest BCUT2D eigenvalue weighted by molar-refractivity contribution is -0.138. The second kappa shape index (κ2) is 8.79. The number of carbonyl (C=O) groups excluding carboxylic acids is 2. The first-order chi connectivity index (χ1) is 16.7. The van der Waals surface area contributed by atoms with Crippen LogP contribution in [0.3, 0.4) is 0 Å². The van der Waals surface area contributed by atoms with Crippen molar-refractivity contribution in [3.8, 4) is 0 Å². The molecule has 1 aliphatic carbocycles. The number of para-hydroxylation sites is 1. The third-order valence-corrected chi connectivity index (χ3v) is 7.84. The van der Waals surface area contributed by atoms with Crippen LogP contribution in [-0.2, 0) is 27.8 Å². The van der Waals surface area contributed by atoms with Gasteiger partial charge < -0.3 is 20.9 Å². The number of fused-ring (bicyclic) bond motifs is 3. The highest BCUT2D eigenvalue weighted by molar-refractivity contribution is 5.92. The molecular formula is C28H33FN4O2. The molecule has 1 saturated heterocycles. The van der Waals surface area contributed by atoms with E-state index in [1.54, 1.807) is 19.9 Å². The molecule has 7 heteroatoms. The number of amides is 2. The molecule has 2 aliphatic rings. The molecule has 1 fully saturated rings. The number of hydrogen-bond acceptors (Lipinski definition) is 3. The Morgan fingerprint density at radius 2 is 1.91 bits per heavy atom. The highest BCUT2D eigenvalue weighted by Gasteiger charge is 2.43. The fourth-order valence-electron chi connectivity index (χ4n) is 5.73. The third-order valence-electron chi connectivity index (χ3n) is 7.84. The van der Waals surface area contributed by atoms with Gasteiger partial charge in [0.25, 0.3) is 0 Å². The van der Waals surface area contributed by atoms with Gasteiger partial charge >= 0.3 is 0 Å². The summed E-state index contributed by atoms with van der Waals surface area (Å²) >= 11 is 0. The smallest absolute Gasteiger partial charge is 0.245 e. The number of carbonyl (C=O) groups is 2. The minimum absolute atomic E-state index is 0.0664. The summed E-state index contributed by atoms with van der Waals surface area (Å²) in [6, 6.07) is 12.3. The minimum Gasteiger partial charge on any atom is -0.361 e. The van der Waals surface area contributed by atoms with E-state index >= 15 is 0 Å². The van der Waals surface area contributed by atoms with Crippen LogP contribution in [0.1, 0.15) is 49.8 Å². The molecule has 1 aliphatic heterocycles. The molecule has 5 rings (SSSR count). The zero-order valence-corrected chi connectivity index (χ0v) is 20.4. The fourth-order valence-corrected chi connectivity index (χ4v) is 5.73. The van der Waals surface area contributed by atoms with Crippen LogP contribution in [-0.4, -0.2) is 46.4 Å². The summed E-state index contributed by atoms with van der Waals surface area (Å²) in [5.74, 6) is -0.654. The molecular weight excluding hydrogens is 443 g/mol. The second-order valence-electron chi connectivity index (χ2n) is 10.7. The van der Waals surface area contributed by atoms with Gasteiger partial charge in [0.1, 0.15) is 11.9 Å². The van der Waals surface area contributed by atoms with Gasteiger partial charge in [0.15, 0.2) is 0 Å². The second-order valence-corrected chi connectivity index (χ2v) is 10.7. The first-order valence-corrected chi connectivity index (χ1v) is 12.4. The van der Waals surface area contributed by atoms with E-state index in [2.05, 4.69) is 10.3 Å². The van der Waals surface area contributed by atoms with Gasteiger partial charge in [0, 0.05) is 36.6 Å². The molecule has 2 aromatic carbocycles. The van der Waals surface area contributed by atoms with Crippen LogP contribution in [0, 0.1) is 5.82 Å². The number of likely N-dealkylation sites (tertiary alicyclic amines) is 1. The number of benzene rings is 2. The molecule has 3 aromatic rings. The van der Waals surface area contributed by atoms with Gasteiger partial charge in [-0.05, 0) is 79.8 Å². The van der Waals surface area contributed by atoms with Crippen molar-refractivity contribution in [2.24, 2.45) is 5.73 Å². The average molecular weight is 477 g/mol. The van der Waals surface area contributed by atoms with E-state index in [0.29, 0.717) is 19.5 Å². The van der Waals surface area contributed by atoms with Crippen molar-refractivity contribution in [2.45, 2.75) is 62.9 Å². The van der Waals surface area contributed by atoms with Gasteiger partial charge in [-0.15, -0.1) is 0 Å². The summed E-state index contributed by atoms with van der Waals surface area (Å²) in [5, 5.41) is 3.96. The largest absolute Gasteiger partial charge is 0.361 e. The highest BCUT2D eigenvalue weighted by Crippen LogP contribution is 2.46. The summed E-state index contributed by atoms with van der Waals surface area (Å²) in [6.45, 7) is 4.44. The zero-order valence-electron chi connectivity index (χ0n) is 20.4. The van der Waals surface area contributed by atoms with Crippen LogP contribution in [0.5, 0.6) is 0 Å². The Labute approximate surface area is 205 Å². The highest BCUT2D eigenvalue weighted by atomic mass is 19.1. The molecule has 1 spiro atoms. The number of halogens is 1. The summed E-state index contributed by atoms with van der Waals surface area (Å²) in [4.78, 5) is 31.6. The van der Waals surface area contributed by atoms with Crippen molar-refractivity contribution in [2.75, 3.05) is 13.1 Å². The predicted octanol–water partition coefficient (Wildman–Crippen LogP) is 3.58. The number of aromatic amines is 1. The zero-order chi connectivity index (χ0) is 24.8. The van der Waals surface area contributed by atoms with Gasteiger partial charge in [-0.25, -0.2) is 4.39 Å². The normalized spacial score (nSPS) is 18.0.